The summed E-state index contributed by atoms with van der Waals surface area (Å²) in [6.07, 6.45) is 0.675. The molecule has 0 bridgehead atoms. The summed E-state index contributed by atoms with van der Waals surface area (Å²) in [5, 5.41) is 8.58. The first-order valence-corrected chi connectivity index (χ1v) is 8.31. The lowest BCUT2D eigenvalue weighted by Crippen LogP contribution is -2.40. The molecule has 1 amide bonds. The number of ketones is 1. The lowest BCUT2D eigenvalue weighted by atomic mass is 9.98. The monoisotopic (exact) mass is 334 g/mol. The van der Waals surface area contributed by atoms with Crippen molar-refractivity contribution < 1.29 is 18.8 Å². The highest BCUT2D eigenvalue weighted by atomic mass is 32.1. The zero-order valence-electron chi connectivity index (χ0n) is 13.0. The molecule has 2 atom stereocenters. The van der Waals surface area contributed by atoms with E-state index in [0.717, 1.165) is 11.5 Å². The summed E-state index contributed by atoms with van der Waals surface area (Å²) < 4.78 is 10.7. The molecule has 1 aliphatic heterocycles. The predicted molar refractivity (Wildman–Crippen MR) is 84.8 cm³/mol. The van der Waals surface area contributed by atoms with Crippen molar-refractivity contribution in [3.05, 3.63) is 39.4 Å². The second-order valence-electron chi connectivity index (χ2n) is 5.77. The third-order valence-electron chi connectivity index (χ3n) is 3.86. The Morgan fingerprint density at radius 2 is 2.22 bits per heavy atom. The van der Waals surface area contributed by atoms with E-state index in [0.29, 0.717) is 30.1 Å². The first-order valence-electron chi connectivity index (χ1n) is 7.43. The molecule has 0 aliphatic carbocycles. The molecule has 6 nitrogen and oxygen atoms in total. The summed E-state index contributed by atoms with van der Waals surface area (Å²) in [6.45, 7) is 4.43. The van der Waals surface area contributed by atoms with Crippen LogP contribution in [0.15, 0.2) is 22.0 Å². The van der Waals surface area contributed by atoms with Gasteiger partial charge in [0.1, 0.15) is 5.76 Å². The van der Waals surface area contributed by atoms with E-state index in [1.165, 1.54) is 18.3 Å². The van der Waals surface area contributed by atoms with E-state index in [1.807, 2.05) is 13.0 Å². The average molecular weight is 334 g/mol. The number of Topliss-reactive ketones (excluding diaryl/α,β-unsaturated/α-hetero) is 1. The van der Waals surface area contributed by atoms with Gasteiger partial charge >= 0.3 is 0 Å². The molecule has 0 saturated carbocycles. The van der Waals surface area contributed by atoms with Gasteiger partial charge in [0, 0.05) is 23.8 Å². The van der Waals surface area contributed by atoms with E-state index in [-0.39, 0.29) is 23.7 Å². The zero-order chi connectivity index (χ0) is 16.4. The second-order valence-corrected chi connectivity index (χ2v) is 6.68. The van der Waals surface area contributed by atoms with Crippen LogP contribution < -0.4 is 5.32 Å². The smallest absolute Gasteiger partial charge is 0.252 e. The summed E-state index contributed by atoms with van der Waals surface area (Å²) in [4.78, 5) is 24.2. The maximum Gasteiger partial charge on any atom is 0.252 e. The summed E-state index contributed by atoms with van der Waals surface area (Å²) in [6, 6.07) is 3.45. The third kappa shape index (κ3) is 3.68. The number of nitrogens with one attached hydrogen (secondary N) is 1. The fourth-order valence-corrected chi connectivity index (χ4v) is 3.41. The molecule has 7 heteroatoms. The molecule has 23 heavy (non-hydrogen) atoms. The van der Waals surface area contributed by atoms with Crippen molar-refractivity contribution in [3.8, 4) is 0 Å². The lowest BCUT2D eigenvalue weighted by molar-refractivity contribution is 0.0925. The van der Waals surface area contributed by atoms with Gasteiger partial charge in [0.15, 0.2) is 5.78 Å². The maximum absolute atomic E-state index is 12.3. The van der Waals surface area contributed by atoms with Gasteiger partial charge in [-0.1, -0.05) is 5.16 Å². The van der Waals surface area contributed by atoms with E-state index >= 15 is 0 Å². The van der Waals surface area contributed by atoms with Crippen LogP contribution in [0.25, 0.3) is 0 Å². The fourth-order valence-electron chi connectivity index (χ4n) is 2.62. The SMILES string of the molecule is CC(=O)c1cc(C(=O)N[C@@H]2COC[C@@H]2Cc2cc(C)no2)cs1. The number of nitrogens with zero attached hydrogens (tertiary/aromatic N) is 1. The highest BCUT2D eigenvalue weighted by molar-refractivity contribution is 7.12. The Bertz CT molecular complexity index is 721. The predicted octanol–water partition coefficient (Wildman–Crippen LogP) is 2.23. The van der Waals surface area contributed by atoms with Gasteiger partial charge in [-0.15, -0.1) is 11.3 Å². The number of amides is 1. The summed E-state index contributed by atoms with van der Waals surface area (Å²) in [5.74, 6) is 0.740. The quantitative estimate of drug-likeness (QED) is 0.848. The van der Waals surface area contributed by atoms with Crippen molar-refractivity contribution in [2.75, 3.05) is 13.2 Å². The van der Waals surface area contributed by atoms with Crippen LogP contribution in [-0.4, -0.2) is 36.1 Å². The van der Waals surface area contributed by atoms with Gasteiger partial charge in [0.2, 0.25) is 0 Å². The molecule has 0 radical (unpaired) electrons. The number of hydrogen-bond donors (Lipinski definition) is 1. The van der Waals surface area contributed by atoms with Crippen molar-refractivity contribution in [2.24, 2.45) is 5.92 Å². The minimum absolute atomic E-state index is 0.0307. The molecule has 122 valence electrons. The number of thiophene rings is 1. The maximum atomic E-state index is 12.3. The number of carbonyl (C=O) groups is 2. The van der Waals surface area contributed by atoms with E-state index in [2.05, 4.69) is 10.5 Å². The van der Waals surface area contributed by atoms with Gasteiger partial charge in [-0.3, -0.25) is 9.59 Å². The average Bonchev–Trinajstić information content (AvgIpc) is 3.21. The van der Waals surface area contributed by atoms with Crippen LogP contribution in [0.5, 0.6) is 0 Å². The van der Waals surface area contributed by atoms with Crippen molar-refractivity contribution in [2.45, 2.75) is 26.3 Å². The molecule has 2 aromatic rings. The molecule has 0 aromatic carbocycles. The molecular weight excluding hydrogens is 316 g/mol. The Labute approximate surface area is 137 Å². The van der Waals surface area contributed by atoms with Crippen LogP contribution >= 0.6 is 11.3 Å². The summed E-state index contributed by atoms with van der Waals surface area (Å²) in [7, 11) is 0. The minimum Gasteiger partial charge on any atom is -0.379 e. The summed E-state index contributed by atoms with van der Waals surface area (Å²) in [5.41, 5.74) is 1.36. The van der Waals surface area contributed by atoms with Crippen LogP contribution in [0.4, 0.5) is 0 Å². The Hall–Kier alpha value is -1.99. The third-order valence-corrected chi connectivity index (χ3v) is 4.89. The summed E-state index contributed by atoms with van der Waals surface area (Å²) >= 11 is 1.29. The lowest BCUT2D eigenvalue weighted by Gasteiger charge is -2.17. The van der Waals surface area contributed by atoms with Gasteiger partial charge in [0.25, 0.3) is 5.91 Å². The van der Waals surface area contributed by atoms with E-state index < -0.39 is 0 Å². The molecule has 1 fully saturated rings. The fraction of sp³-hybridized carbons (Fsp3) is 0.438. The van der Waals surface area contributed by atoms with Crippen molar-refractivity contribution in [1.29, 1.82) is 0 Å². The van der Waals surface area contributed by atoms with Crippen LogP contribution in [0.2, 0.25) is 0 Å². The number of hydrogen-bond acceptors (Lipinski definition) is 6. The standard InChI is InChI=1S/C16H18N2O4S/c1-9-3-13(22-18-9)4-11-6-21-7-14(11)17-16(20)12-5-15(10(2)19)23-8-12/h3,5,8,11,14H,4,6-7H2,1-2H3,(H,17,20)/t11-,14+/m0/s1. The number of ether oxygens (including phenoxy) is 1. The minimum atomic E-state index is -0.178. The molecular formula is C16H18N2O4S. The van der Waals surface area contributed by atoms with Crippen LogP contribution in [0, 0.1) is 12.8 Å². The van der Waals surface area contributed by atoms with E-state index in [4.69, 9.17) is 9.26 Å². The molecule has 0 unspecified atom stereocenters. The number of aromatic nitrogens is 1. The number of carbonyl (C=O) groups excluding carboxylic acids is 2. The highest BCUT2D eigenvalue weighted by Gasteiger charge is 2.31. The molecule has 3 heterocycles. The molecule has 1 aliphatic rings. The van der Waals surface area contributed by atoms with Crippen molar-refractivity contribution >= 4 is 23.0 Å². The van der Waals surface area contributed by atoms with Gasteiger partial charge in [-0.25, -0.2) is 0 Å². The Morgan fingerprint density at radius 1 is 1.39 bits per heavy atom. The second kappa shape index (κ2) is 6.64. The largest absolute Gasteiger partial charge is 0.379 e. The van der Waals surface area contributed by atoms with Gasteiger partial charge in [-0.05, 0) is 19.9 Å². The van der Waals surface area contributed by atoms with Crippen molar-refractivity contribution in [3.63, 3.8) is 0 Å². The van der Waals surface area contributed by atoms with Gasteiger partial charge in [-0.2, -0.15) is 0 Å². The molecule has 2 aromatic heterocycles. The van der Waals surface area contributed by atoms with Crippen LogP contribution in [0.3, 0.4) is 0 Å². The van der Waals surface area contributed by atoms with Crippen LogP contribution in [-0.2, 0) is 11.2 Å². The Kier molecular flexibility index (Phi) is 4.58. The Morgan fingerprint density at radius 3 is 2.87 bits per heavy atom. The molecule has 0 spiro atoms. The van der Waals surface area contributed by atoms with Crippen molar-refractivity contribution in [1.82, 2.24) is 10.5 Å². The zero-order valence-corrected chi connectivity index (χ0v) is 13.8. The van der Waals surface area contributed by atoms with Gasteiger partial charge in [0.05, 0.1) is 35.4 Å². The topological polar surface area (TPSA) is 81.4 Å². The molecule has 1 N–H and O–H groups in total. The highest BCUT2D eigenvalue weighted by Crippen LogP contribution is 2.21. The normalized spacial score (nSPS) is 20.6. The molecule has 1 saturated heterocycles. The van der Waals surface area contributed by atoms with E-state index in [9.17, 15) is 9.59 Å². The number of rotatable bonds is 5. The van der Waals surface area contributed by atoms with E-state index in [1.54, 1.807) is 11.4 Å². The van der Waals surface area contributed by atoms with Gasteiger partial charge < -0.3 is 14.6 Å². The first-order chi connectivity index (χ1) is 11.0. The number of aryl methyl sites for hydroxylation is 1. The Balaban J connectivity index is 1.63. The van der Waals surface area contributed by atoms with Crippen LogP contribution in [0.1, 0.15) is 38.4 Å². The molecule has 3 rings (SSSR count). The first kappa shape index (κ1) is 15.9.